The Morgan fingerprint density at radius 2 is 1.00 bits per heavy atom. The molecule has 0 saturated carbocycles. The third-order valence-electron chi connectivity index (χ3n) is 3.80. The van der Waals surface area contributed by atoms with Crippen molar-refractivity contribution in [2.75, 3.05) is 0 Å². The first-order valence-corrected chi connectivity index (χ1v) is 11.0. The van der Waals surface area contributed by atoms with Gasteiger partial charge in [-0.15, -0.1) is 0 Å². The fourth-order valence-electron chi connectivity index (χ4n) is 2.51. The van der Waals surface area contributed by atoms with Crippen LogP contribution in [0.1, 0.15) is 104 Å². The summed E-state index contributed by atoms with van der Waals surface area (Å²) in [6.45, 7) is 4.01. The van der Waals surface area contributed by atoms with Crippen molar-refractivity contribution in [1.29, 1.82) is 0 Å². The Labute approximate surface area is 133 Å². The van der Waals surface area contributed by atoms with Crippen LogP contribution in [0.2, 0.25) is 5.32 Å². The van der Waals surface area contributed by atoms with Crippen molar-refractivity contribution in [2.24, 2.45) is 0 Å². The van der Waals surface area contributed by atoms with Gasteiger partial charge in [0.25, 0.3) is 0 Å². The van der Waals surface area contributed by atoms with Crippen LogP contribution < -0.4 is 0 Å². The molecule has 0 amide bonds. The second kappa shape index (κ2) is 17.2. The van der Waals surface area contributed by atoms with Crippen LogP contribution in [0.5, 0.6) is 0 Å². The molecule has 0 fully saturated rings. The topological polar surface area (TPSA) is 17.1 Å². The molecule has 0 spiro atoms. The second-order valence-corrected chi connectivity index (χ2v) is 8.60. The molecule has 0 rings (SSSR count). The Balaban J connectivity index is 2.94. The molecule has 0 bridgehead atoms. The van der Waals surface area contributed by atoms with Gasteiger partial charge in [0.15, 0.2) is 0 Å². The minimum atomic E-state index is 0.275. The summed E-state index contributed by atoms with van der Waals surface area (Å²) in [5.41, 5.74) is 0. The zero-order valence-corrected chi connectivity index (χ0v) is 15.6. The van der Waals surface area contributed by atoms with Crippen LogP contribution in [0.4, 0.5) is 0 Å². The van der Waals surface area contributed by atoms with E-state index in [4.69, 9.17) is 0 Å². The predicted molar refractivity (Wildman–Crippen MR) is 91.6 cm³/mol. The Morgan fingerprint density at radius 1 is 0.650 bits per heavy atom. The first-order valence-electron chi connectivity index (χ1n) is 8.90. The van der Waals surface area contributed by atoms with Gasteiger partial charge in [0.1, 0.15) is 0 Å². The van der Waals surface area contributed by atoms with Gasteiger partial charge in [-0.3, -0.25) is 0 Å². The van der Waals surface area contributed by atoms with Crippen molar-refractivity contribution in [2.45, 2.75) is 109 Å². The molecule has 0 atom stereocenters. The number of carbonyl (C=O) groups excluding carboxylic acids is 1. The third-order valence-corrected chi connectivity index (χ3v) is 5.69. The molecule has 0 aliphatic carbocycles. The van der Waals surface area contributed by atoms with E-state index < -0.39 is 0 Å². The first-order chi connectivity index (χ1) is 9.77. The van der Waals surface area contributed by atoms with E-state index in [-0.39, 0.29) is 15.0 Å². The van der Waals surface area contributed by atoms with Crippen molar-refractivity contribution >= 4 is 19.6 Å². The minimum absolute atomic E-state index is 0.275. The number of hydrogen-bond acceptors (Lipinski definition) is 1. The molecule has 20 heavy (non-hydrogen) atoms. The molecule has 2 heteroatoms. The van der Waals surface area contributed by atoms with Gasteiger partial charge in [0, 0.05) is 0 Å². The van der Waals surface area contributed by atoms with Crippen LogP contribution in [0.25, 0.3) is 0 Å². The van der Waals surface area contributed by atoms with Crippen molar-refractivity contribution < 1.29 is 4.79 Å². The molecule has 0 radical (unpaired) electrons. The summed E-state index contributed by atoms with van der Waals surface area (Å²) in [5, 5.41) is 1.17. The van der Waals surface area contributed by atoms with Gasteiger partial charge < -0.3 is 0 Å². The Bertz CT molecular complexity index is 204. The molecule has 0 aliphatic rings. The number of rotatable bonds is 16. The molecule has 0 N–H and O–H groups in total. The van der Waals surface area contributed by atoms with Crippen molar-refractivity contribution in [3.05, 3.63) is 0 Å². The van der Waals surface area contributed by atoms with Gasteiger partial charge >= 0.3 is 107 Å². The van der Waals surface area contributed by atoms with Crippen LogP contribution in [-0.2, 0) is 4.79 Å². The standard InChI is InChI=1S/C18H36OSe/c1-3-4-5-6-7-8-9-10-11-12-13-14-15-16-17-20-18(2)19/h3-17H2,1-2H3. The van der Waals surface area contributed by atoms with E-state index in [0.717, 1.165) is 0 Å². The summed E-state index contributed by atoms with van der Waals surface area (Å²) in [6.07, 6.45) is 19.8. The molecule has 0 aromatic carbocycles. The second-order valence-electron chi connectivity index (χ2n) is 5.94. The molecular weight excluding hydrogens is 311 g/mol. The van der Waals surface area contributed by atoms with E-state index in [1.165, 1.54) is 95.2 Å². The summed E-state index contributed by atoms with van der Waals surface area (Å²) in [5.74, 6) is 0. The number of unbranched alkanes of at least 4 members (excludes halogenated alkanes) is 13. The van der Waals surface area contributed by atoms with Gasteiger partial charge in [-0.25, -0.2) is 0 Å². The molecule has 0 aromatic heterocycles. The molecule has 0 saturated heterocycles. The molecule has 120 valence electrons. The average molecular weight is 347 g/mol. The van der Waals surface area contributed by atoms with Crippen LogP contribution in [0, 0.1) is 0 Å². The van der Waals surface area contributed by atoms with Gasteiger partial charge in [-0.05, 0) is 0 Å². The zero-order valence-electron chi connectivity index (χ0n) is 13.9. The summed E-state index contributed by atoms with van der Waals surface area (Å²) in [7, 11) is 0. The maximum atomic E-state index is 10.8. The third kappa shape index (κ3) is 18.2. The zero-order chi connectivity index (χ0) is 14.9. The summed E-state index contributed by atoms with van der Waals surface area (Å²) in [4.78, 5) is 10.8. The molecule has 0 aromatic rings. The first kappa shape index (κ1) is 20.2. The Kier molecular flexibility index (Phi) is 17.4. The quantitative estimate of drug-likeness (QED) is 0.242. The van der Waals surface area contributed by atoms with Gasteiger partial charge in [0.2, 0.25) is 0 Å². The van der Waals surface area contributed by atoms with E-state index in [2.05, 4.69) is 6.92 Å². The molecule has 0 unspecified atom stereocenters. The van der Waals surface area contributed by atoms with E-state index in [1.54, 1.807) is 6.92 Å². The molecule has 1 nitrogen and oxygen atoms in total. The maximum absolute atomic E-state index is 10.8. The van der Waals surface area contributed by atoms with Crippen LogP contribution in [-0.4, -0.2) is 19.6 Å². The monoisotopic (exact) mass is 348 g/mol. The van der Waals surface area contributed by atoms with E-state index in [0.29, 0.717) is 4.68 Å². The fraction of sp³-hybridized carbons (Fsp3) is 0.944. The van der Waals surface area contributed by atoms with Gasteiger partial charge in [-0.1, -0.05) is 26.2 Å². The Morgan fingerprint density at radius 3 is 1.35 bits per heavy atom. The van der Waals surface area contributed by atoms with E-state index in [1.807, 2.05) is 0 Å². The van der Waals surface area contributed by atoms with E-state index in [9.17, 15) is 4.79 Å². The predicted octanol–water partition coefficient (Wildman–Crippen LogP) is 6.14. The average Bonchev–Trinajstić information content (AvgIpc) is 2.43. The summed E-state index contributed by atoms with van der Waals surface area (Å²) < 4.78 is 0.409. The van der Waals surface area contributed by atoms with Crippen LogP contribution >= 0.6 is 0 Å². The summed E-state index contributed by atoms with van der Waals surface area (Å²) in [6, 6.07) is 0. The number of hydrogen-bond donors (Lipinski definition) is 0. The van der Waals surface area contributed by atoms with Crippen LogP contribution in [0.3, 0.4) is 0 Å². The van der Waals surface area contributed by atoms with Crippen LogP contribution in [0.15, 0.2) is 0 Å². The molecule has 0 heterocycles. The van der Waals surface area contributed by atoms with Crippen molar-refractivity contribution in [1.82, 2.24) is 0 Å². The SMILES string of the molecule is CCCCCCCCCCCCCCCC[Se]C(C)=O. The van der Waals surface area contributed by atoms with Crippen molar-refractivity contribution in [3.63, 3.8) is 0 Å². The molecular formula is C18H36OSe. The van der Waals surface area contributed by atoms with E-state index >= 15 is 0 Å². The fourth-order valence-corrected chi connectivity index (χ4v) is 3.85. The normalized spacial score (nSPS) is 10.9. The molecule has 0 aliphatic heterocycles. The van der Waals surface area contributed by atoms with Crippen molar-refractivity contribution in [3.8, 4) is 0 Å². The van der Waals surface area contributed by atoms with Gasteiger partial charge in [0.05, 0.1) is 0 Å². The van der Waals surface area contributed by atoms with Gasteiger partial charge in [-0.2, -0.15) is 0 Å². The number of carbonyl (C=O) groups is 1. The summed E-state index contributed by atoms with van der Waals surface area (Å²) >= 11 is 0.275. The Hall–Kier alpha value is 0.189.